The minimum atomic E-state index is -3.82. The average Bonchev–Trinajstić information content (AvgIpc) is 3.20. The van der Waals surface area contributed by atoms with Gasteiger partial charge >= 0.3 is 5.97 Å². The highest BCUT2D eigenvalue weighted by Crippen LogP contribution is 2.20. The number of esters is 1. The number of sulfonamides is 1. The molecule has 0 aliphatic carbocycles. The summed E-state index contributed by atoms with van der Waals surface area (Å²) in [6, 6.07) is 13.0. The summed E-state index contributed by atoms with van der Waals surface area (Å²) < 4.78 is 36.7. The van der Waals surface area contributed by atoms with E-state index < -0.39 is 16.0 Å². The van der Waals surface area contributed by atoms with Gasteiger partial charge in [0.05, 0.1) is 17.0 Å². The highest BCUT2D eigenvalue weighted by molar-refractivity contribution is 7.89. The largest absolute Gasteiger partial charge is 0.452 e. The number of hydrogen-bond acceptors (Lipinski definition) is 7. The zero-order valence-corrected chi connectivity index (χ0v) is 16.3. The number of nitrogens with zero attached hydrogens (tertiary/aromatic N) is 2. The molecular weight excluding hydrogens is 394 g/mol. The van der Waals surface area contributed by atoms with Gasteiger partial charge in [0.15, 0.2) is 6.61 Å². The van der Waals surface area contributed by atoms with E-state index in [0.29, 0.717) is 5.82 Å². The molecule has 0 bridgehead atoms. The smallest absolute Gasteiger partial charge is 0.338 e. The molecule has 0 radical (unpaired) electrons. The molecule has 0 amide bonds. The number of benzene rings is 2. The molecule has 0 spiro atoms. The van der Waals surface area contributed by atoms with Gasteiger partial charge in [0.1, 0.15) is 0 Å². The summed E-state index contributed by atoms with van der Waals surface area (Å²) >= 11 is 0. The van der Waals surface area contributed by atoms with E-state index in [-0.39, 0.29) is 29.5 Å². The van der Waals surface area contributed by atoms with Crippen molar-refractivity contribution in [1.82, 2.24) is 14.9 Å². The molecule has 0 fully saturated rings. The third kappa shape index (κ3) is 4.87. The van der Waals surface area contributed by atoms with Crippen molar-refractivity contribution in [3.05, 3.63) is 65.5 Å². The molecule has 0 saturated carbocycles. The third-order valence-electron chi connectivity index (χ3n) is 3.93. The van der Waals surface area contributed by atoms with E-state index in [1.807, 2.05) is 31.2 Å². The first-order valence-electron chi connectivity index (χ1n) is 8.49. The molecule has 1 aromatic heterocycles. The monoisotopic (exact) mass is 411 g/mol. The van der Waals surface area contributed by atoms with Gasteiger partial charge in [-0.05, 0) is 30.7 Å². The number of hydrogen-bond donors (Lipinski definition) is 1. The summed E-state index contributed by atoms with van der Waals surface area (Å²) in [6.07, 6.45) is 5.06. The van der Waals surface area contributed by atoms with Crippen LogP contribution in [0, 0.1) is 19.3 Å². The van der Waals surface area contributed by atoms with Crippen LogP contribution in [-0.2, 0) is 21.4 Å². The highest BCUT2D eigenvalue weighted by Gasteiger charge is 2.17. The van der Waals surface area contributed by atoms with Crippen LogP contribution >= 0.6 is 0 Å². The van der Waals surface area contributed by atoms with Gasteiger partial charge in [-0.2, -0.15) is 9.71 Å². The quantitative estimate of drug-likeness (QED) is 0.469. The lowest BCUT2D eigenvalue weighted by Gasteiger charge is -2.06. The Hall–Kier alpha value is -3.48. The normalized spacial score (nSPS) is 11.0. The van der Waals surface area contributed by atoms with Crippen molar-refractivity contribution in [2.75, 3.05) is 6.54 Å². The van der Waals surface area contributed by atoms with Crippen LogP contribution in [0.2, 0.25) is 0 Å². The van der Waals surface area contributed by atoms with Gasteiger partial charge in [0.25, 0.3) is 5.89 Å². The lowest BCUT2D eigenvalue weighted by Crippen LogP contribution is -2.24. The molecule has 148 valence electrons. The van der Waals surface area contributed by atoms with Crippen molar-refractivity contribution in [2.24, 2.45) is 0 Å². The second-order valence-electron chi connectivity index (χ2n) is 5.96. The van der Waals surface area contributed by atoms with Crippen molar-refractivity contribution in [1.29, 1.82) is 0 Å². The molecule has 0 atom stereocenters. The van der Waals surface area contributed by atoms with Crippen LogP contribution < -0.4 is 4.72 Å². The van der Waals surface area contributed by atoms with Gasteiger partial charge in [-0.25, -0.2) is 13.2 Å². The number of rotatable bonds is 7. The summed E-state index contributed by atoms with van der Waals surface area (Å²) in [5.74, 6) is 1.97. The van der Waals surface area contributed by atoms with E-state index in [0.717, 1.165) is 11.1 Å². The standard InChI is InChI=1S/C20H17N3O5S/c1-3-11-21-29(25,26)16-9-6-8-15(12-16)20(24)27-13-18-22-19(23-28-18)17-10-5-4-7-14(17)2/h1,4-10,12,21H,11,13H2,2H3. The van der Waals surface area contributed by atoms with Crippen LogP contribution in [0.3, 0.4) is 0 Å². The minimum Gasteiger partial charge on any atom is -0.452 e. The minimum absolute atomic E-state index is 0.0622. The Balaban J connectivity index is 1.68. The second kappa shape index (κ2) is 8.68. The summed E-state index contributed by atoms with van der Waals surface area (Å²) in [5, 5.41) is 3.89. The third-order valence-corrected chi connectivity index (χ3v) is 5.32. The van der Waals surface area contributed by atoms with Crippen molar-refractivity contribution >= 4 is 16.0 Å². The molecule has 1 N–H and O–H groups in total. The molecule has 0 unspecified atom stereocenters. The maximum atomic E-state index is 12.3. The second-order valence-corrected chi connectivity index (χ2v) is 7.73. The lowest BCUT2D eigenvalue weighted by molar-refractivity contribution is 0.0429. The Morgan fingerprint density at radius 2 is 2.03 bits per heavy atom. The first-order valence-corrected chi connectivity index (χ1v) is 9.98. The van der Waals surface area contributed by atoms with Crippen molar-refractivity contribution in [3.63, 3.8) is 0 Å². The summed E-state index contributed by atoms with van der Waals surface area (Å²) in [4.78, 5) is 16.4. The van der Waals surface area contributed by atoms with E-state index in [9.17, 15) is 13.2 Å². The van der Waals surface area contributed by atoms with Crippen LogP contribution in [0.15, 0.2) is 57.9 Å². The van der Waals surface area contributed by atoms with Crippen molar-refractivity contribution < 1.29 is 22.5 Å². The number of carbonyl (C=O) groups is 1. The average molecular weight is 411 g/mol. The number of terminal acetylenes is 1. The van der Waals surface area contributed by atoms with Crippen LogP contribution in [0.5, 0.6) is 0 Å². The molecule has 0 aliphatic rings. The van der Waals surface area contributed by atoms with Gasteiger partial charge in [-0.15, -0.1) is 6.42 Å². The number of carbonyl (C=O) groups excluding carboxylic acids is 1. The van der Waals surface area contributed by atoms with Crippen molar-refractivity contribution in [2.45, 2.75) is 18.4 Å². The zero-order valence-electron chi connectivity index (χ0n) is 15.5. The van der Waals surface area contributed by atoms with E-state index in [1.54, 1.807) is 0 Å². The number of ether oxygens (including phenoxy) is 1. The fourth-order valence-corrected chi connectivity index (χ4v) is 3.45. The molecule has 8 nitrogen and oxygen atoms in total. The van der Waals surface area contributed by atoms with Gasteiger partial charge in [-0.3, -0.25) is 0 Å². The molecule has 1 heterocycles. The first kappa shape index (κ1) is 20.3. The van der Waals surface area contributed by atoms with Crippen LogP contribution in [0.25, 0.3) is 11.4 Å². The molecule has 2 aromatic carbocycles. The van der Waals surface area contributed by atoms with E-state index >= 15 is 0 Å². The zero-order chi connectivity index (χ0) is 20.9. The van der Waals surface area contributed by atoms with E-state index in [1.165, 1.54) is 24.3 Å². The van der Waals surface area contributed by atoms with E-state index in [4.69, 9.17) is 15.7 Å². The summed E-state index contributed by atoms with van der Waals surface area (Å²) in [7, 11) is -3.82. The number of aryl methyl sites for hydroxylation is 1. The Morgan fingerprint density at radius 3 is 2.79 bits per heavy atom. The summed E-state index contributed by atoms with van der Waals surface area (Å²) in [5.41, 5.74) is 1.85. The predicted octanol–water partition coefficient (Wildman–Crippen LogP) is 2.31. The topological polar surface area (TPSA) is 111 Å². The molecule has 3 rings (SSSR count). The Bertz CT molecular complexity index is 1180. The Morgan fingerprint density at radius 1 is 1.24 bits per heavy atom. The maximum Gasteiger partial charge on any atom is 0.338 e. The van der Waals surface area contributed by atoms with Gasteiger partial charge in [0, 0.05) is 5.56 Å². The highest BCUT2D eigenvalue weighted by atomic mass is 32.2. The first-order chi connectivity index (χ1) is 13.9. The fraction of sp³-hybridized carbons (Fsp3) is 0.150. The maximum absolute atomic E-state index is 12.3. The Labute approximate surface area is 168 Å². The molecule has 3 aromatic rings. The summed E-state index contributed by atoms with van der Waals surface area (Å²) in [6.45, 7) is 1.52. The molecule has 0 saturated heterocycles. The SMILES string of the molecule is C#CCNS(=O)(=O)c1cccc(C(=O)OCc2nc(-c3ccccc3C)no2)c1. The molecule has 9 heteroatoms. The molecular formula is C20H17N3O5S. The van der Waals surface area contributed by atoms with Gasteiger partial charge in [0.2, 0.25) is 15.8 Å². The van der Waals surface area contributed by atoms with Crippen LogP contribution in [-0.4, -0.2) is 31.1 Å². The lowest BCUT2D eigenvalue weighted by atomic mass is 10.1. The van der Waals surface area contributed by atoms with Gasteiger partial charge < -0.3 is 9.26 Å². The van der Waals surface area contributed by atoms with Crippen LogP contribution in [0.1, 0.15) is 21.8 Å². The van der Waals surface area contributed by atoms with Gasteiger partial charge in [-0.1, -0.05) is 41.4 Å². The molecule has 29 heavy (non-hydrogen) atoms. The predicted molar refractivity (Wildman–Crippen MR) is 104 cm³/mol. The van der Waals surface area contributed by atoms with E-state index in [2.05, 4.69) is 20.8 Å². The number of nitrogens with one attached hydrogen (secondary N) is 1. The Kier molecular flexibility index (Phi) is 6.07. The number of aromatic nitrogens is 2. The van der Waals surface area contributed by atoms with Crippen LogP contribution in [0.4, 0.5) is 0 Å². The molecule has 0 aliphatic heterocycles. The van der Waals surface area contributed by atoms with Crippen molar-refractivity contribution in [3.8, 4) is 23.7 Å². The fourth-order valence-electron chi connectivity index (χ4n) is 2.47.